The maximum absolute atomic E-state index is 11.5. The van der Waals surface area contributed by atoms with Gasteiger partial charge in [-0.3, -0.25) is 4.98 Å². The third-order valence-electron chi connectivity index (χ3n) is 5.87. The molecule has 1 N–H and O–H groups in total. The highest BCUT2D eigenvalue weighted by atomic mass is 16.4. The van der Waals surface area contributed by atoms with Crippen LogP contribution in [0.3, 0.4) is 0 Å². The molecule has 0 atom stereocenters. The fourth-order valence-electron chi connectivity index (χ4n) is 4.02. The van der Waals surface area contributed by atoms with Crippen LogP contribution in [0.4, 0.5) is 0 Å². The number of nitrogens with zero attached hydrogens (tertiary/aromatic N) is 4. The number of carboxylic acids is 1. The number of benzene rings is 2. The van der Waals surface area contributed by atoms with Gasteiger partial charge in [0.2, 0.25) is 0 Å². The molecule has 0 saturated heterocycles. The van der Waals surface area contributed by atoms with Crippen molar-refractivity contribution in [1.82, 2.24) is 19.7 Å². The number of carbonyl (C=O) groups is 1. The zero-order valence-electron chi connectivity index (χ0n) is 19.5. The van der Waals surface area contributed by atoms with Crippen LogP contribution in [0.2, 0.25) is 0 Å². The number of aromatic nitrogens is 4. The van der Waals surface area contributed by atoms with Crippen molar-refractivity contribution in [3.63, 3.8) is 0 Å². The SMILES string of the molecule is CCCCCc1nc(CCc2ccccc2)nn1Cc1ccc(-c2ccccc2C(=O)O)nc1. The van der Waals surface area contributed by atoms with Crippen molar-refractivity contribution in [2.45, 2.75) is 52.0 Å². The highest BCUT2D eigenvalue weighted by Crippen LogP contribution is 2.22. The molecule has 6 nitrogen and oxygen atoms in total. The molecule has 2 aromatic heterocycles. The van der Waals surface area contributed by atoms with Gasteiger partial charge in [-0.15, -0.1) is 0 Å². The standard InChI is InChI=1S/C28H30N4O2/c1-2-3-5-14-27-30-26(18-16-21-10-6-4-7-11-21)31-32(27)20-22-15-17-25(29-19-22)23-12-8-9-13-24(23)28(33)34/h4,6-13,15,17,19H,2-3,5,14,16,18,20H2,1H3,(H,33,34). The van der Waals surface area contributed by atoms with Crippen LogP contribution in [-0.2, 0) is 25.8 Å². The van der Waals surface area contributed by atoms with E-state index in [0.29, 0.717) is 17.8 Å². The van der Waals surface area contributed by atoms with Crippen molar-refractivity contribution in [1.29, 1.82) is 0 Å². The summed E-state index contributed by atoms with van der Waals surface area (Å²) in [4.78, 5) is 21.0. The van der Waals surface area contributed by atoms with Gasteiger partial charge in [-0.05, 0) is 36.1 Å². The maximum Gasteiger partial charge on any atom is 0.336 e. The first kappa shape index (κ1) is 23.4. The minimum absolute atomic E-state index is 0.250. The summed E-state index contributed by atoms with van der Waals surface area (Å²) in [5.41, 5.74) is 3.80. The van der Waals surface area contributed by atoms with E-state index in [1.165, 1.54) is 12.0 Å². The molecule has 34 heavy (non-hydrogen) atoms. The van der Waals surface area contributed by atoms with E-state index in [9.17, 15) is 9.90 Å². The molecule has 0 bridgehead atoms. The van der Waals surface area contributed by atoms with Gasteiger partial charge in [-0.2, -0.15) is 5.10 Å². The lowest BCUT2D eigenvalue weighted by molar-refractivity contribution is 0.0697. The second-order valence-corrected chi connectivity index (χ2v) is 8.45. The van der Waals surface area contributed by atoms with E-state index < -0.39 is 5.97 Å². The predicted molar refractivity (Wildman–Crippen MR) is 133 cm³/mol. The summed E-state index contributed by atoms with van der Waals surface area (Å²) in [6, 6.07) is 21.2. The first-order valence-corrected chi connectivity index (χ1v) is 11.9. The van der Waals surface area contributed by atoms with Gasteiger partial charge in [0, 0.05) is 24.6 Å². The van der Waals surface area contributed by atoms with Crippen LogP contribution >= 0.6 is 0 Å². The van der Waals surface area contributed by atoms with E-state index in [-0.39, 0.29) is 5.56 Å². The Bertz CT molecular complexity index is 1220. The number of pyridine rings is 1. The molecular formula is C28H30N4O2. The molecule has 0 radical (unpaired) electrons. The van der Waals surface area contributed by atoms with Gasteiger partial charge in [0.15, 0.2) is 5.82 Å². The number of carboxylic acid groups (broad SMARTS) is 1. The van der Waals surface area contributed by atoms with Gasteiger partial charge in [-0.25, -0.2) is 14.5 Å². The average molecular weight is 455 g/mol. The predicted octanol–water partition coefficient (Wildman–Crippen LogP) is 5.60. The van der Waals surface area contributed by atoms with Crippen molar-refractivity contribution < 1.29 is 9.90 Å². The monoisotopic (exact) mass is 454 g/mol. The lowest BCUT2D eigenvalue weighted by Gasteiger charge is -2.08. The molecule has 0 unspecified atom stereocenters. The molecule has 6 heteroatoms. The quantitative estimate of drug-likeness (QED) is 0.298. The molecular weight excluding hydrogens is 424 g/mol. The molecule has 0 spiro atoms. The fourth-order valence-corrected chi connectivity index (χ4v) is 4.02. The minimum Gasteiger partial charge on any atom is -0.478 e. The van der Waals surface area contributed by atoms with Gasteiger partial charge >= 0.3 is 5.97 Å². The third kappa shape index (κ3) is 5.95. The Morgan fingerprint density at radius 1 is 0.882 bits per heavy atom. The van der Waals surface area contributed by atoms with E-state index >= 15 is 0 Å². The van der Waals surface area contributed by atoms with Crippen molar-refractivity contribution >= 4 is 5.97 Å². The van der Waals surface area contributed by atoms with Crippen LogP contribution in [0.25, 0.3) is 11.3 Å². The maximum atomic E-state index is 11.5. The van der Waals surface area contributed by atoms with E-state index in [0.717, 1.165) is 49.3 Å². The Labute approximate surface area is 200 Å². The first-order chi connectivity index (χ1) is 16.6. The van der Waals surface area contributed by atoms with Gasteiger partial charge in [0.1, 0.15) is 5.82 Å². The molecule has 0 saturated carbocycles. The van der Waals surface area contributed by atoms with Gasteiger partial charge in [0.25, 0.3) is 0 Å². The zero-order chi connectivity index (χ0) is 23.8. The summed E-state index contributed by atoms with van der Waals surface area (Å²) >= 11 is 0. The molecule has 0 aliphatic rings. The summed E-state index contributed by atoms with van der Waals surface area (Å²) in [6.07, 6.45) is 7.86. The van der Waals surface area contributed by atoms with Crippen molar-refractivity contribution in [3.8, 4) is 11.3 Å². The number of hydrogen-bond donors (Lipinski definition) is 1. The van der Waals surface area contributed by atoms with E-state index in [4.69, 9.17) is 10.1 Å². The summed E-state index contributed by atoms with van der Waals surface area (Å²) in [6.45, 7) is 2.79. The molecule has 174 valence electrons. The van der Waals surface area contributed by atoms with Gasteiger partial charge < -0.3 is 5.11 Å². The Balaban J connectivity index is 1.51. The lowest BCUT2D eigenvalue weighted by atomic mass is 10.0. The molecule has 4 rings (SSSR count). The van der Waals surface area contributed by atoms with Crippen LogP contribution in [-0.4, -0.2) is 30.8 Å². The Morgan fingerprint density at radius 2 is 1.68 bits per heavy atom. The fraction of sp³-hybridized carbons (Fsp3) is 0.286. The molecule has 2 aromatic carbocycles. The summed E-state index contributed by atoms with van der Waals surface area (Å²) in [5.74, 6) is 0.927. The number of rotatable bonds is 11. The number of aromatic carboxylic acids is 1. The highest BCUT2D eigenvalue weighted by Gasteiger charge is 2.13. The van der Waals surface area contributed by atoms with Crippen LogP contribution in [0.1, 0.15) is 59.3 Å². The van der Waals surface area contributed by atoms with Crippen molar-refractivity contribution in [3.05, 3.63) is 101 Å². The largest absolute Gasteiger partial charge is 0.478 e. The van der Waals surface area contributed by atoms with E-state index in [1.807, 2.05) is 28.9 Å². The Kier molecular flexibility index (Phi) is 7.81. The van der Waals surface area contributed by atoms with Crippen molar-refractivity contribution in [2.24, 2.45) is 0 Å². The molecule has 0 amide bonds. The molecule has 4 aromatic rings. The number of aryl methyl sites for hydroxylation is 3. The number of hydrogen-bond acceptors (Lipinski definition) is 4. The van der Waals surface area contributed by atoms with Crippen molar-refractivity contribution in [2.75, 3.05) is 0 Å². The Morgan fingerprint density at radius 3 is 2.41 bits per heavy atom. The van der Waals surface area contributed by atoms with Gasteiger partial charge in [-0.1, -0.05) is 74.4 Å². The zero-order valence-corrected chi connectivity index (χ0v) is 19.5. The smallest absolute Gasteiger partial charge is 0.336 e. The second-order valence-electron chi connectivity index (χ2n) is 8.45. The molecule has 0 fully saturated rings. The Hall–Kier alpha value is -3.80. The highest BCUT2D eigenvalue weighted by molar-refractivity contribution is 5.95. The van der Waals surface area contributed by atoms with E-state index in [1.54, 1.807) is 24.4 Å². The third-order valence-corrected chi connectivity index (χ3v) is 5.87. The van der Waals surface area contributed by atoms with Gasteiger partial charge in [0.05, 0.1) is 17.8 Å². The number of unbranched alkanes of at least 4 members (excludes halogenated alkanes) is 2. The topological polar surface area (TPSA) is 80.9 Å². The van der Waals surface area contributed by atoms with Crippen LogP contribution in [0, 0.1) is 0 Å². The lowest BCUT2D eigenvalue weighted by Crippen LogP contribution is -2.08. The minimum atomic E-state index is -0.955. The summed E-state index contributed by atoms with van der Waals surface area (Å²) < 4.78 is 2.00. The van der Waals surface area contributed by atoms with Crippen LogP contribution < -0.4 is 0 Å². The van der Waals surface area contributed by atoms with Crippen LogP contribution in [0.5, 0.6) is 0 Å². The summed E-state index contributed by atoms with van der Waals surface area (Å²) in [7, 11) is 0. The normalized spacial score (nSPS) is 11.0. The van der Waals surface area contributed by atoms with E-state index in [2.05, 4.69) is 36.2 Å². The summed E-state index contributed by atoms with van der Waals surface area (Å²) in [5, 5.41) is 14.3. The first-order valence-electron chi connectivity index (χ1n) is 11.9. The molecule has 2 heterocycles. The molecule has 0 aliphatic heterocycles. The van der Waals surface area contributed by atoms with Crippen LogP contribution in [0.15, 0.2) is 72.9 Å². The average Bonchev–Trinajstić information content (AvgIpc) is 3.25. The molecule has 0 aliphatic carbocycles. The second kappa shape index (κ2) is 11.4.